The highest BCUT2D eigenvalue weighted by Gasteiger charge is 2.39. The van der Waals surface area contributed by atoms with E-state index in [1.54, 1.807) is 0 Å². The van der Waals surface area contributed by atoms with Gasteiger partial charge in [-0.1, -0.05) is 13.3 Å². The maximum atomic E-state index is 3.78. The molecule has 110 valence electrons. The van der Waals surface area contributed by atoms with Crippen molar-refractivity contribution < 1.29 is 0 Å². The Kier molecular flexibility index (Phi) is 4.45. The maximum Gasteiger partial charge on any atom is 0.0226 e. The average Bonchev–Trinajstić information content (AvgIpc) is 3.07. The summed E-state index contributed by atoms with van der Waals surface area (Å²) in [6, 6.07) is 1.59. The summed E-state index contributed by atoms with van der Waals surface area (Å²) in [7, 11) is 2.33. The Labute approximate surface area is 118 Å². The summed E-state index contributed by atoms with van der Waals surface area (Å²) < 4.78 is 0. The fraction of sp³-hybridized carbons (Fsp3) is 1.00. The van der Waals surface area contributed by atoms with Crippen molar-refractivity contribution in [1.82, 2.24) is 15.1 Å². The van der Waals surface area contributed by atoms with E-state index in [0.29, 0.717) is 0 Å². The molecule has 1 N–H and O–H groups in total. The van der Waals surface area contributed by atoms with E-state index in [1.165, 1.54) is 64.8 Å². The van der Waals surface area contributed by atoms with Crippen molar-refractivity contribution in [2.75, 3.05) is 39.8 Å². The van der Waals surface area contributed by atoms with Gasteiger partial charge in [0, 0.05) is 25.2 Å². The zero-order valence-corrected chi connectivity index (χ0v) is 12.8. The van der Waals surface area contributed by atoms with Crippen LogP contribution < -0.4 is 5.32 Å². The van der Waals surface area contributed by atoms with Crippen molar-refractivity contribution in [3.63, 3.8) is 0 Å². The number of fused-ring (bicyclic) bond motifs is 1. The second-order valence-electron chi connectivity index (χ2n) is 7.02. The topological polar surface area (TPSA) is 18.5 Å². The Balaban J connectivity index is 1.47. The first-order valence-corrected chi connectivity index (χ1v) is 8.44. The predicted molar refractivity (Wildman–Crippen MR) is 80.4 cm³/mol. The van der Waals surface area contributed by atoms with Gasteiger partial charge in [0.25, 0.3) is 0 Å². The summed E-state index contributed by atoms with van der Waals surface area (Å²) in [5.74, 6) is 1.98. The lowest BCUT2D eigenvalue weighted by atomic mass is 9.94. The molecule has 0 aromatic rings. The van der Waals surface area contributed by atoms with Crippen molar-refractivity contribution in [2.24, 2.45) is 11.8 Å². The lowest BCUT2D eigenvalue weighted by molar-refractivity contribution is 0.182. The number of hydrogen-bond donors (Lipinski definition) is 1. The third-order valence-electron chi connectivity index (χ3n) is 5.81. The quantitative estimate of drug-likeness (QED) is 0.817. The summed E-state index contributed by atoms with van der Waals surface area (Å²) in [4.78, 5) is 5.26. The highest BCUT2D eigenvalue weighted by atomic mass is 15.2. The molecule has 1 saturated carbocycles. The van der Waals surface area contributed by atoms with Crippen molar-refractivity contribution in [1.29, 1.82) is 0 Å². The van der Waals surface area contributed by atoms with Gasteiger partial charge in [-0.2, -0.15) is 0 Å². The Bertz CT molecular complexity index is 294. The van der Waals surface area contributed by atoms with E-state index < -0.39 is 0 Å². The van der Waals surface area contributed by atoms with Crippen LogP contribution in [0.5, 0.6) is 0 Å². The molecule has 0 aromatic heterocycles. The molecule has 2 aliphatic heterocycles. The monoisotopic (exact) mass is 265 g/mol. The fourth-order valence-electron chi connectivity index (χ4n) is 4.79. The molecule has 4 unspecified atom stereocenters. The van der Waals surface area contributed by atoms with Gasteiger partial charge in [-0.25, -0.2) is 0 Å². The second-order valence-corrected chi connectivity index (χ2v) is 7.02. The smallest absolute Gasteiger partial charge is 0.0226 e. The first kappa shape index (κ1) is 13.8. The molecule has 2 heterocycles. The Hall–Kier alpha value is -0.120. The van der Waals surface area contributed by atoms with Gasteiger partial charge >= 0.3 is 0 Å². The minimum absolute atomic E-state index is 0.772. The lowest BCUT2D eigenvalue weighted by Crippen LogP contribution is -2.44. The van der Waals surface area contributed by atoms with E-state index in [9.17, 15) is 0 Å². The minimum Gasteiger partial charge on any atom is -0.312 e. The molecular weight excluding hydrogens is 234 g/mol. The number of hydrogen-bond acceptors (Lipinski definition) is 3. The SMILES string of the molecule is CCN1CCCC1CN(C)CC1NCC2CCCC21. The molecule has 0 spiro atoms. The third-order valence-corrected chi connectivity index (χ3v) is 5.81. The number of rotatable bonds is 5. The van der Waals surface area contributed by atoms with Crippen LogP contribution in [0.1, 0.15) is 39.0 Å². The van der Waals surface area contributed by atoms with E-state index in [1.807, 2.05) is 0 Å². The van der Waals surface area contributed by atoms with Crippen molar-refractivity contribution >= 4 is 0 Å². The molecule has 2 saturated heterocycles. The van der Waals surface area contributed by atoms with Gasteiger partial charge in [-0.05, 0) is 64.2 Å². The molecular formula is C16H31N3. The number of nitrogens with zero attached hydrogens (tertiary/aromatic N) is 2. The molecule has 4 atom stereocenters. The molecule has 1 aliphatic carbocycles. The van der Waals surface area contributed by atoms with Crippen molar-refractivity contribution in [2.45, 2.75) is 51.1 Å². The summed E-state index contributed by atoms with van der Waals surface area (Å²) in [5, 5.41) is 3.78. The van der Waals surface area contributed by atoms with Crippen LogP contribution in [0.2, 0.25) is 0 Å². The van der Waals surface area contributed by atoms with Gasteiger partial charge in [0.15, 0.2) is 0 Å². The van der Waals surface area contributed by atoms with Crippen LogP contribution in [-0.2, 0) is 0 Å². The molecule has 3 heteroatoms. The summed E-state index contributed by atoms with van der Waals surface area (Å²) in [5.41, 5.74) is 0. The van der Waals surface area contributed by atoms with Gasteiger partial charge in [0.05, 0.1) is 0 Å². The normalized spacial score (nSPS) is 39.3. The number of likely N-dealkylation sites (N-methyl/N-ethyl adjacent to an activating group) is 2. The van der Waals surface area contributed by atoms with E-state index in [0.717, 1.165) is 23.9 Å². The van der Waals surface area contributed by atoms with E-state index >= 15 is 0 Å². The maximum absolute atomic E-state index is 3.78. The molecule has 3 fully saturated rings. The third kappa shape index (κ3) is 2.98. The first-order valence-electron chi connectivity index (χ1n) is 8.44. The van der Waals surface area contributed by atoms with Crippen LogP contribution in [-0.4, -0.2) is 61.7 Å². The fourth-order valence-corrected chi connectivity index (χ4v) is 4.79. The highest BCUT2D eigenvalue weighted by molar-refractivity contribution is 4.95. The van der Waals surface area contributed by atoms with Crippen LogP contribution in [0, 0.1) is 11.8 Å². The number of nitrogens with one attached hydrogen (secondary N) is 1. The number of likely N-dealkylation sites (tertiary alicyclic amines) is 1. The van der Waals surface area contributed by atoms with E-state index in [4.69, 9.17) is 0 Å². The van der Waals surface area contributed by atoms with Crippen LogP contribution in [0.4, 0.5) is 0 Å². The Morgan fingerprint density at radius 2 is 2.05 bits per heavy atom. The van der Waals surface area contributed by atoms with Gasteiger partial charge in [0.2, 0.25) is 0 Å². The van der Waals surface area contributed by atoms with Crippen LogP contribution >= 0.6 is 0 Å². The molecule has 0 aromatic carbocycles. The standard InChI is InChI=1S/C16H31N3/c1-3-19-9-5-7-14(19)11-18(2)12-16-15-8-4-6-13(15)10-17-16/h13-17H,3-12H2,1-2H3. The largest absolute Gasteiger partial charge is 0.312 e. The molecule has 0 radical (unpaired) electrons. The molecule has 0 amide bonds. The van der Waals surface area contributed by atoms with E-state index in [-0.39, 0.29) is 0 Å². The summed E-state index contributed by atoms with van der Waals surface area (Å²) in [6.07, 6.45) is 7.23. The first-order chi connectivity index (χ1) is 9.28. The average molecular weight is 265 g/mol. The summed E-state index contributed by atoms with van der Waals surface area (Å²) >= 11 is 0. The molecule has 0 bridgehead atoms. The van der Waals surface area contributed by atoms with Crippen LogP contribution in [0.15, 0.2) is 0 Å². The van der Waals surface area contributed by atoms with Crippen molar-refractivity contribution in [3.05, 3.63) is 0 Å². The molecule has 19 heavy (non-hydrogen) atoms. The van der Waals surface area contributed by atoms with Gasteiger partial charge in [-0.3, -0.25) is 4.90 Å². The zero-order valence-electron chi connectivity index (χ0n) is 12.8. The van der Waals surface area contributed by atoms with Gasteiger partial charge in [0.1, 0.15) is 0 Å². The van der Waals surface area contributed by atoms with Gasteiger partial charge < -0.3 is 10.2 Å². The molecule has 3 nitrogen and oxygen atoms in total. The zero-order chi connectivity index (χ0) is 13.2. The van der Waals surface area contributed by atoms with Gasteiger partial charge in [-0.15, -0.1) is 0 Å². The van der Waals surface area contributed by atoms with Crippen LogP contribution in [0.3, 0.4) is 0 Å². The Morgan fingerprint density at radius 1 is 1.16 bits per heavy atom. The lowest BCUT2D eigenvalue weighted by Gasteiger charge is -2.30. The van der Waals surface area contributed by atoms with Crippen LogP contribution in [0.25, 0.3) is 0 Å². The summed E-state index contributed by atoms with van der Waals surface area (Å²) in [6.45, 7) is 8.67. The van der Waals surface area contributed by atoms with E-state index in [2.05, 4.69) is 29.1 Å². The van der Waals surface area contributed by atoms with Crippen molar-refractivity contribution in [3.8, 4) is 0 Å². The second kappa shape index (κ2) is 6.11. The minimum atomic E-state index is 0.772. The predicted octanol–water partition coefficient (Wildman–Crippen LogP) is 1.79. The molecule has 3 aliphatic rings. The highest BCUT2D eigenvalue weighted by Crippen LogP contribution is 2.37. The Morgan fingerprint density at radius 3 is 2.89 bits per heavy atom. The molecule has 3 rings (SSSR count).